The van der Waals surface area contributed by atoms with Crippen molar-refractivity contribution >= 4 is 11.6 Å². The minimum absolute atomic E-state index is 0.282. The van der Waals surface area contributed by atoms with Crippen LogP contribution in [0.5, 0.6) is 0 Å². The van der Waals surface area contributed by atoms with Crippen molar-refractivity contribution in [2.45, 2.75) is 0 Å². The molecule has 0 aliphatic heterocycles. The number of amides is 1. The summed E-state index contributed by atoms with van der Waals surface area (Å²) in [5.74, 6) is -0.282. The average Bonchev–Trinajstić information content (AvgIpc) is 2.46. The van der Waals surface area contributed by atoms with Gasteiger partial charge in [-0.2, -0.15) is 5.26 Å². The SMILES string of the molecule is N#Cc1cccc(C(=O)NNc2ccccc2)c1. The topological polar surface area (TPSA) is 64.9 Å². The number of carbonyl (C=O) groups is 1. The molecule has 0 bridgehead atoms. The standard InChI is InChI=1S/C14H11N3O/c15-10-11-5-4-6-12(9-11)14(18)17-16-13-7-2-1-3-8-13/h1-9,16H,(H,17,18). The van der Waals surface area contributed by atoms with Gasteiger partial charge in [-0.1, -0.05) is 24.3 Å². The fourth-order valence-corrected chi connectivity index (χ4v) is 1.45. The van der Waals surface area contributed by atoms with Gasteiger partial charge in [0.2, 0.25) is 0 Å². The van der Waals surface area contributed by atoms with Gasteiger partial charge in [-0.05, 0) is 30.3 Å². The molecule has 0 unspecified atom stereocenters. The number of carbonyl (C=O) groups excluding carboxylic acids is 1. The quantitative estimate of drug-likeness (QED) is 0.805. The van der Waals surface area contributed by atoms with Crippen LogP contribution in [-0.2, 0) is 0 Å². The lowest BCUT2D eigenvalue weighted by atomic mass is 10.1. The summed E-state index contributed by atoms with van der Waals surface area (Å²) in [5.41, 5.74) is 7.06. The summed E-state index contributed by atoms with van der Waals surface area (Å²) in [5, 5.41) is 8.75. The van der Waals surface area contributed by atoms with Gasteiger partial charge in [0, 0.05) is 5.56 Å². The smallest absolute Gasteiger partial charge is 0.269 e. The van der Waals surface area contributed by atoms with Crippen LogP contribution in [0.3, 0.4) is 0 Å². The molecule has 1 amide bonds. The molecule has 2 rings (SSSR count). The molecule has 2 aromatic carbocycles. The summed E-state index contributed by atoms with van der Waals surface area (Å²) in [7, 11) is 0. The molecule has 0 saturated heterocycles. The fraction of sp³-hybridized carbons (Fsp3) is 0. The summed E-state index contributed by atoms with van der Waals surface area (Å²) < 4.78 is 0. The number of hydrogen-bond acceptors (Lipinski definition) is 3. The molecule has 0 aliphatic rings. The van der Waals surface area contributed by atoms with Gasteiger partial charge in [0.15, 0.2) is 0 Å². The van der Waals surface area contributed by atoms with Crippen LogP contribution < -0.4 is 10.9 Å². The Kier molecular flexibility index (Phi) is 3.57. The summed E-state index contributed by atoms with van der Waals surface area (Å²) in [6.07, 6.45) is 0. The van der Waals surface area contributed by atoms with Gasteiger partial charge in [-0.15, -0.1) is 0 Å². The summed E-state index contributed by atoms with van der Waals surface area (Å²) in [6.45, 7) is 0. The van der Waals surface area contributed by atoms with E-state index in [2.05, 4.69) is 10.9 Å². The Labute approximate surface area is 105 Å². The molecule has 0 spiro atoms. The molecule has 0 aromatic heterocycles. The number of anilines is 1. The van der Waals surface area contributed by atoms with Gasteiger partial charge in [0.1, 0.15) is 0 Å². The molecule has 0 heterocycles. The molecule has 0 fully saturated rings. The van der Waals surface area contributed by atoms with Crippen molar-refractivity contribution in [2.24, 2.45) is 0 Å². The maximum Gasteiger partial charge on any atom is 0.269 e. The van der Waals surface area contributed by atoms with E-state index in [4.69, 9.17) is 5.26 Å². The number of benzene rings is 2. The lowest BCUT2D eigenvalue weighted by Crippen LogP contribution is -2.29. The van der Waals surface area contributed by atoms with Gasteiger partial charge in [0.25, 0.3) is 5.91 Å². The largest absolute Gasteiger partial charge is 0.298 e. The van der Waals surface area contributed by atoms with E-state index in [9.17, 15) is 4.79 Å². The van der Waals surface area contributed by atoms with Crippen LogP contribution in [0.15, 0.2) is 54.6 Å². The summed E-state index contributed by atoms with van der Waals surface area (Å²) in [6, 6.07) is 17.8. The monoisotopic (exact) mass is 237 g/mol. The Morgan fingerprint density at radius 1 is 1.06 bits per heavy atom. The predicted octanol–water partition coefficient (Wildman–Crippen LogP) is 2.32. The second-order valence-electron chi connectivity index (χ2n) is 3.64. The highest BCUT2D eigenvalue weighted by atomic mass is 16.2. The van der Waals surface area contributed by atoms with Crippen LogP contribution in [-0.4, -0.2) is 5.91 Å². The van der Waals surface area contributed by atoms with Crippen LogP contribution in [0.25, 0.3) is 0 Å². The van der Waals surface area contributed by atoms with Crippen molar-refractivity contribution in [3.63, 3.8) is 0 Å². The van der Waals surface area contributed by atoms with Gasteiger partial charge in [-0.25, -0.2) is 0 Å². The first-order valence-electron chi connectivity index (χ1n) is 5.41. The molecule has 2 aromatic rings. The van der Waals surface area contributed by atoms with E-state index in [1.165, 1.54) is 0 Å². The highest BCUT2D eigenvalue weighted by Gasteiger charge is 2.05. The molecule has 2 N–H and O–H groups in total. The second-order valence-corrected chi connectivity index (χ2v) is 3.64. The Morgan fingerprint density at radius 3 is 2.56 bits per heavy atom. The molecule has 0 radical (unpaired) electrons. The Balaban J connectivity index is 2.02. The number of rotatable bonds is 3. The fourth-order valence-electron chi connectivity index (χ4n) is 1.45. The van der Waals surface area contributed by atoms with E-state index >= 15 is 0 Å². The van der Waals surface area contributed by atoms with E-state index in [1.807, 2.05) is 36.4 Å². The molecule has 0 saturated carbocycles. The third-order valence-electron chi connectivity index (χ3n) is 2.35. The van der Waals surface area contributed by atoms with Crippen molar-refractivity contribution < 1.29 is 4.79 Å². The predicted molar refractivity (Wildman–Crippen MR) is 68.7 cm³/mol. The first-order valence-corrected chi connectivity index (χ1v) is 5.41. The molecule has 0 aliphatic carbocycles. The van der Waals surface area contributed by atoms with E-state index < -0.39 is 0 Å². The van der Waals surface area contributed by atoms with E-state index in [-0.39, 0.29) is 5.91 Å². The van der Waals surface area contributed by atoms with E-state index in [0.717, 1.165) is 5.69 Å². The third-order valence-corrected chi connectivity index (χ3v) is 2.35. The maximum absolute atomic E-state index is 11.8. The summed E-state index contributed by atoms with van der Waals surface area (Å²) in [4.78, 5) is 11.8. The normalized spacial score (nSPS) is 9.28. The third kappa shape index (κ3) is 2.86. The first-order chi connectivity index (χ1) is 8.79. The lowest BCUT2D eigenvalue weighted by molar-refractivity contribution is 0.0962. The number of nitrogens with zero attached hydrogens (tertiary/aromatic N) is 1. The van der Waals surface area contributed by atoms with E-state index in [0.29, 0.717) is 11.1 Å². The van der Waals surface area contributed by atoms with Crippen LogP contribution in [0.1, 0.15) is 15.9 Å². The molecule has 0 atom stereocenters. The average molecular weight is 237 g/mol. The Hall–Kier alpha value is -2.80. The molecule has 88 valence electrons. The van der Waals surface area contributed by atoms with Gasteiger partial charge in [0.05, 0.1) is 17.3 Å². The van der Waals surface area contributed by atoms with Crippen LogP contribution >= 0.6 is 0 Å². The Bertz CT molecular complexity index is 587. The van der Waals surface area contributed by atoms with Crippen molar-refractivity contribution in [1.29, 1.82) is 5.26 Å². The second kappa shape index (κ2) is 5.51. The van der Waals surface area contributed by atoms with Crippen LogP contribution in [0.2, 0.25) is 0 Å². The molecular formula is C14H11N3O. The minimum atomic E-state index is -0.282. The van der Waals surface area contributed by atoms with E-state index in [1.54, 1.807) is 24.3 Å². The molecule has 4 nitrogen and oxygen atoms in total. The van der Waals surface area contributed by atoms with Gasteiger partial charge >= 0.3 is 0 Å². The highest BCUT2D eigenvalue weighted by molar-refractivity contribution is 5.95. The van der Waals surface area contributed by atoms with Crippen molar-refractivity contribution in [1.82, 2.24) is 5.43 Å². The number of hydrogen-bond donors (Lipinski definition) is 2. The summed E-state index contributed by atoms with van der Waals surface area (Å²) >= 11 is 0. The van der Waals surface area contributed by atoms with Gasteiger partial charge < -0.3 is 0 Å². The lowest BCUT2D eigenvalue weighted by Gasteiger charge is -2.08. The Morgan fingerprint density at radius 2 is 1.83 bits per heavy atom. The number of nitriles is 1. The number of hydrazine groups is 1. The zero-order valence-corrected chi connectivity index (χ0v) is 9.55. The number of para-hydroxylation sites is 1. The van der Waals surface area contributed by atoms with Crippen LogP contribution in [0.4, 0.5) is 5.69 Å². The van der Waals surface area contributed by atoms with Crippen molar-refractivity contribution in [3.05, 3.63) is 65.7 Å². The zero-order valence-electron chi connectivity index (χ0n) is 9.55. The number of nitrogens with one attached hydrogen (secondary N) is 2. The first kappa shape index (κ1) is 11.7. The van der Waals surface area contributed by atoms with Gasteiger partial charge in [-0.3, -0.25) is 15.6 Å². The molecule has 4 heteroatoms. The zero-order chi connectivity index (χ0) is 12.8. The van der Waals surface area contributed by atoms with Crippen molar-refractivity contribution in [2.75, 3.05) is 5.43 Å². The minimum Gasteiger partial charge on any atom is -0.298 e. The van der Waals surface area contributed by atoms with Crippen LogP contribution in [0, 0.1) is 11.3 Å². The molecule has 18 heavy (non-hydrogen) atoms. The highest BCUT2D eigenvalue weighted by Crippen LogP contribution is 2.06. The van der Waals surface area contributed by atoms with Crippen molar-refractivity contribution in [3.8, 4) is 6.07 Å². The molecular weight excluding hydrogens is 226 g/mol. The maximum atomic E-state index is 11.8.